The average Bonchev–Trinajstić information content (AvgIpc) is 3.10. The first-order valence-electron chi connectivity index (χ1n) is 9.62. The molecular formula is C21H23FN4O3. The summed E-state index contributed by atoms with van der Waals surface area (Å²) in [5.41, 5.74) is 2.14. The molecule has 0 radical (unpaired) electrons. The van der Waals surface area contributed by atoms with E-state index in [9.17, 15) is 14.3 Å². The first-order valence-corrected chi connectivity index (χ1v) is 9.62. The van der Waals surface area contributed by atoms with Crippen LogP contribution in [0.15, 0.2) is 36.7 Å². The highest BCUT2D eigenvalue weighted by Crippen LogP contribution is 2.38. The number of methoxy groups -OCH3 is 1. The third-order valence-electron chi connectivity index (χ3n) is 5.35. The molecule has 152 valence electrons. The van der Waals surface area contributed by atoms with Gasteiger partial charge in [-0.15, -0.1) is 0 Å². The number of benzene rings is 1. The van der Waals surface area contributed by atoms with Crippen molar-refractivity contribution in [3.8, 4) is 5.75 Å². The molecule has 0 unspecified atom stereocenters. The van der Waals surface area contributed by atoms with E-state index < -0.39 is 0 Å². The Morgan fingerprint density at radius 1 is 1.38 bits per heavy atom. The molecule has 1 fully saturated rings. The number of aromatic amines is 1. The molecule has 7 nitrogen and oxygen atoms in total. The summed E-state index contributed by atoms with van der Waals surface area (Å²) in [5.74, 6) is 0.960. The van der Waals surface area contributed by atoms with Crippen molar-refractivity contribution in [1.82, 2.24) is 20.3 Å². The summed E-state index contributed by atoms with van der Waals surface area (Å²) in [6.45, 7) is 0. The van der Waals surface area contributed by atoms with Crippen molar-refractivity contribution in [3.05, 3.63) is 53.9 Å². The molecule has 3 N–H and O–H groups in total. The molecule has 0 bridgehead atoms. The van der Waals surface area contributed by atoms with Crippen molar-refractivity contribution >= 4 is 16.9 Å². The number of aliphatic hydroxyl groups is 1. The summed E-state index contributed by atoms with van der Waals surface area (Å²) < 4.78 is 18.6. The lowest BCUT2D eigenvalue weighted by atomic mass is 9.75. The zero-order valence-corrected chi connectivity index (χ0v) is 16.1. The highest BCUT2D eigenvalue weighted by atomic mass is 19.1. The van der Waals surface area contributed by atoms with Gasteiger partial charge in [-0.25, -0.2) is 9.37 Å². The van der Waals surface area contributed by atoms with Gasteiger partial charge in [-0.2, -0.15) is 0 Å². The molecular weight excluding hydrogens is 375 g/mol. The van der Waals surface area contributed by atoms with Gasteiger partial charge in [-0.1, -0.05) is 0 Å². The van der Waals surface area contributed by atoms with E-state index in [1.165, 1.54) is 12.1 Å². The maximum absolute atomic E-state index is 13.3. The molecule has 1 amide bonds. The number of fused-ring (bicyclic) bond motifs is 1. The third kappa shape index (κ3) is 4.37. The van der Waals surface area contributed by atoms with Crippen LogP contribution in [0, 0.1) is 11.7 Å². The zero-order chi connectivity index (χ0) is 20.4. The first kappa shape index (κ1) is 19.3. The number of amides is 1. The lowest BCUT2D eigenvalue weighted by Crippen LogP contribution is -2.41. The van der Waals surface area contributed by atoms with Crippen molar-refractivity contribution < 1.29 is 19.0 Å². The highest BCUT2D eigenvalue weighted by Gasteiger charge is 2.36. The number of aryl methyl sites for hydroxylation is 1. The Labute approximate surface area is 167 Å². The number of hydrogen-bond acceptors (Lipinski definition) is 5. The molecule has 0 spiro atoms. The quantitative estimate of drug-likeness (QED) is 0.568. The molecule has 1 aliphatic rings. The van der Waals surface area contributed by atoms with Crippen LogP contribution in [0.1, 0.15) is 36.7 Å². The van der Waals surface area contributed by atoms with E-state index >= 15 is 0 Å². The van der Waals surface area contributed by atoms with Gasteiger partial charge in [0.1, 0.15) is 17.4 Å². The number of ether oxygens (including phenoxy) is 1. The van der Waals surface area contributed by atoms with Crippen LogP contribution in [-0.2, 0) is 11.2 Å². The second kappa shape index (κ2) is 8.16. The van der Waals surface area contributed by atoms with Crippen LogP contribution in [0.4, 0.5) is 4.39 Å². The monoisotopic (exact) mass is 398 g/mol. The van der Waals surface area contributed by atoms with Crippen LogP contribution in [0.5, 0.6) is 5.75 Å². The molecule has 29 heavy (non-hydrogen) atoms. The summed E-state index contributed by atoms with van der Waals surface area (Å²) in [6.07, 6.45) is 4.93. The van der Waals surface area contributed by atoms with Gasteiger partial charge in [-0.05, 0) is 48.6 Å². The van der Waals surface area contributed by atoms with Crippen molar-refractivity contribution in [2.75, 3.05) is 7.11 Å². The number of carbonyl (C=O) groups excluding carboxylic acids is 1. The molecule has 0 saturated heterocycles. The van der Waals surface area contributed by atoms with Gasteiger partial charge in [0.2, 0.25) is 5.91 Å². The standard InChI is InChI=1S/C21H23FN4O3/c1-29-16-8-13(10-23-11-16)21(12-6-15(27)7-12)26-20(28)5-4-19-24-17-3-2-14(22)9-18(17)25-19/h2-3,8-12,15,21,27H,4-7H2,1H3,(H,24,25)(H,26,28)/t12?,15?,21-/m0/s1. The summed E-state index contributed by atoms with van der Waals surface area (Å²) in [7, 11) is 1.57. The SMILES string of the molecule is COc1cncc([C@@H](NC(=O)CCc2nc3ccc(F)cc3[nH]2)C2CC(O)C2)c1. The fourth-order valence-corrected chi connectivity index (χ4v) is 3.72. The molecule has 4 rings (SSSR count). The number of carbonyl (C=O) groups is 1. The van der Waals surface area contributed by atoms with Crippen molar-refractivity contribution in [1.29, 1.82) is 0 Å². The molecule has 3 aromatic rings. The number of aromatic nitrogens is 3. The van der Waals surface area contributed by atoms with E-state index in [0.717, 1.165) is 5.56 Å². The first-order chi connectivity index (χ1) is 14.0. The second-order valence-corrected chi connectivity index (χ2v) is 7.43. The molecule has 2 heterocycles. The molecule has 0 aliphatic heterocycles. The number of hydrogen-bond donors (Lipinski definition) is 3. The third-order valence-corrected chi connectivity index (χ3v) is 5.35. The second-order valence-electron chi connectivity index (χ2n) is 7.43. The van der Waals surface area contributed by atoms with Gasteiger partial charge in [0.15, 0.2) is 0 Å². The Bertz CT molecular complexity index is 1020. The summed E-state index contributed by atoms with van der Waals surface area (Å²) >= 11 is 0. The number of H-pyrrole nitrogens is 1. The van der Waals surface area contributed by atoms with E-state index in [1.807, 2.05) is 6.07 Å². The van der Waals surface area contributed by atoms with Crippen molar-refractivity contribution in [3.63, 3.8) is 0 Å². The largest absolute Gasteiger partial charge is 0.495 e. The van der Waals surface area contributed by atoms with Gasteiger partial charge >= 0.3 is 0 Å². The van der Waals surface area contributed by atoms with Crippen LogP contribution in [0.2, 0.25) is 0 Å². The lowest BCUT2D eigenvalue weighted by molar-refractivity contribution is -0.123. The topological polar surface area (TPSA) is 100 Å². The van der Waals surface area contributed by atoms with Crippen LogP contribution in [0.3, 0.4) is 0 Å². The number of nitrogens with zero attached hydrogens (tertiary/aromatic N) is 2. The predicted molar refractivity (Wildman–Crippen MR) is 105 cm³/mol. The Kier molecular flexibility index (Phi) is 5.44. The van der Waals surface area contributed by atoms with Crippen LogP contribution < -0.4 is 10.1 Å². The van der Waals surface area contributed by atoms with Gasteiger partial charge < -0.3 is 20.1 Å². The number of nitrogens with one attached hydrogen (secondary N) is 2. The van der Waals surface area contributed by atoms with Crippen LogP contribution in [-0.4, -0.2) is 39.2 Å². The van der Waals surface area contributed by atoms with Crippen molar-refractivity contribution in [2.24, 2.45) is 5.92 Å². The van der Waals surface area contributed by atoms with E-state index in [1.54, 1.807) is 25.6 Å². The van der Waals surface area contributed by atoms with Gasteiger partial charge in [-0.3, -0.25) is 9.78 Å². The Morgan fingerprint density at radius 3 is 2.97 bits per heavy atom. The van der Waals surface area contributed by atoms with Gasteiger partial charge in [0.25, 0.3) is 0 Å². The zero-order valence-electron chi connectivity index (χ0n) is 16.1. The Hall–Kier alpha value is -3.00. The highest BCUT2D eigenvalue weighted by molar-refractivity contribution is 5.77. The maximum Gasteiger partial charge on any atom is 0.220 e. The number of rotatable bonds is 7. The Morgan fingerprint density at radius 2 is 2.21 bits per heavy atom. The van der Waals surface area contributed by atoms with Gasteiger partial charge in [0, 0.05) is 19.0 Å². The minimum absolute atomic E-state index is 0.120. The summed E-state index contributed by atoms with van der Waals surface area (Å²) in [6, 6.07) is 5.98. The van der Waals surface area contributed by atoms with E-state index in [4.69, 9.17) is 4.74 Å². The number of halogens is 1. The van der Waals surface area contributed by atoms with E-state index in [-0.39, 0.29) is 36.2 Å². The molecule has 2 aromatic heterocycles. The van der Waals surface area contributed by atoms with Crippen LogP contribution >= 0.6 is 0 Å². The van der Waals surface area contributed by atoms with E-state index in [2.05, 4.69) is 20.3 Å². The van der Waals surface area contributed by atoms with E-state index in [0.29, 0.717) is 41.9 Å². The number of pyridine rings is 1. The predicted octanol–water partition coefficient (Wildman–Crippen LogP) is 2.67. The Balaban J connectivity index is 1.43. The number of aliphatic hydroxyl groups excluding tert-OH is 1. The fourth-order valence-electron chi connectivity index (χ4n) is 3.72. The number of imidazole rings is 1. The molecule has 1 saturated carbocycles. The van der Waals surface area contributed by atoms with Crippen LogP contribution in [0.25, 0.3) is 11.0 Å². The summed E-state index contributed by atoms with van der Waals surface area (Å²) in [5, 5.41) is 12.8. The normalized spacial score (nSPS) is 19.6. The average molecular weight is 398 g/mol. The minimum atomic E-state index is -0.331. The molecule has 1 aromatic carbocycles. The fraction of sp³-hybridized carbons (Fsp3) is 0.381. The lowest BCUT2D eigenvalue weighted by Gasteiger charge is -2.38. The maximum atomic E-state index is 13.3. The molecule has 8 heteroatoms. The molecule has 1 aliphatic carbocycles. The van der Waals surface area contributed by atoms with Gasteiger partial charge in [0.05, 0.1) is 36.5 Å². The summed E-state index contributed by atoms with van der Waals surface area (Å²) in [4.78, 5) is 24.3. The smallest absolute Gasteiger partial charge is 0.220 e. The minimum Gasteiger partial charge on any atom is -0.495 e. The van der Waals surface area contributed by atoms with Crippen molar-refractivity contribution in [2.45, 2.75) is 37.8 Å². The molecule has 1 atom stereocenters.